The number of rotatable bonds is 3. The van der Waals surface area contributed by atoms with Crippen LogP contribution in [0, 0.1) is 12.7 Å². The predicted octanol–water partition coefficient (Wildman–Crippen LogP) is 3.46. The van der Waals surface area contributed by atoms with Crippen molar-refractivity contribution in [2.24, 2.45) is 0 Å². The summed E-state index contributed by atoms with van der Waals surface area (Å²) in [5, 5.41) is 10.1. The summed E-state index contributed by atoms with van der Waals surface area (Å²) in [5.41, 5.74) is 2.42. The van der Waals surface area contributed by atoms with E-state index in [-0.39, 0.29) is 5.02 Å². The van der Waals surface area contributed by atoms with Gasteiger partial charge in [0, 0.05) is 12.6 Å². The van der Waals surface area contributed by atoms with Crippen molar-refractivity contribution in [2.75, 3.05) is 0 Å². The standard InChI is InChI=1S/C14H13ClFNO/c1-9-4-5-17-13(6-9)14(18)8-10-2-3-12(16)11(15)7-10/h2-7,14,18H,8H2,1H3. The number of aliphatic hydroxyl groups is 1. The summed E-state index contributed by atoms with van der Waals surface area (Å²) >= 11 is 5.70. The highest BCUT2D eigenvalue weighted by molar-refractivity contribution is 6.30. The smallest absolute Gasteiger partial charge is 0.141 e. The fourth-order valence-corrected chi connectivity index (χ4v) is 1.94. The van der Waals surface area contributed by atoms with E-state index in [0.717, 1.165) is 11.1 Å². The summed E-state index contributed by atoms with van der Waals surface area (Å²) in [7, 11) is 0. The minimum atomic E-state index is -0.716. The second-order valence-corrected chi connectivity index (χ2v) is 4.63. The van der Waals surface area contributed by atoms with Crippen LogP contribution in [0.4, 0.5) is 4.39 Å². The first-order valence-electron chi connectivity index (χ1n) is 5.61. The zero-order chi connectivity index (χ0) is 13.1. The average Bonchev–Trinajstić information content (AvgIpc) is 2.34. The summed E-state index contributed by atoms with van der Waals surface area (Å²) in [4.78, 5) is 4.12. The molecule has 0 radical (unpaired) electrons. The van der Waals surface area contributed by atoms with E-state index in [1.54, 1.807) is 12.3 Å². The average molecular weight is 266 g/mol. The molecule has 0 fully saturated rings. The summed E-state index contributed by atoms with van der Waals surface area (Å²) in [6.07, 6.45) is 1.30. The Morgan fingerprint density at radius 1 is 1.33 bits per heavy atom. The van der Waals surface area contributed by atoms with Crippen LogP contribution in [0.15, 0.2) is 36.5 Å². The number of hydrogen-bond donors (Lipinski definition) is 1. The maximum atomic E-state index is 13.0. The fourth-order valence-electron chi connectivity index (χ4n) is 1.74. The molecule has 1 N–H and O–H groups in total. The van der Waals surface area contributed by atoms with Crippen LogP contribution >= 0.6 is 11.6 Å². The first-order valence-corrected chi connectivity index (χ1v) is 5.98. The van der Waals surface area contributed by atoms with E-state index in [4.69, 9.17) is 11.6 Å². The molecular weight excluding hydrogens is 253 g/mol. The number of aliphatic hydroxyl groups excluding tert-OH is 1. The highest BCUT2D eigenvalue weighted by Gasteiger charge is 2.11. The maximum Gasteiger partial charge on any atom is 0.141 e. The van der Waals surface area contributed by atoms with Crippen LogP contribution in [-0.2, 0) is 6.42 Å². The van der Waals surface area contributed by atoms with E-state index in [1.165, 1.54) is 12.1 Å². The van der Waals surface area contributed by atoms with Crippen molar-refractivity contribution >= 4 is 11.6 Å². The lowest BCUT2D eigenvalue weighted by Gasteiger charge is -2.11. The molecule has 1 heterocycles. The Morgan fingerprint density at radius 3 is 2.78 bits per heavy atom. The lowest BCUT2D eigenvalue weighted by atomic mass is 10.0. The van der Waals surface area contributed by atoms with Gasteiger partial charge in [-0.3, -0.25) is 4.98 Å². The number of nitrogens with zero attached hydrogens (tertiary/aromatic N) is 1. The lowest BCUT2D eigenvalue weighted by molar-refractivity contribution is 0.173. The zero-order valence-electron chi connectivity index (χ0n) is 9.90. The third-order valence-electron chi connectivity index (χ3n) is 2.69. The molecule has 4 heteroatoms. The van der Waals surface area contributed by atoms with Gasteiger partial charge in [0.25, 0.3) is 0 Å². The van der Waals surface area contributed by atoms with Crippen LogP contribution in [0.5, 0.6) is 0 Å². The Kier molecular flexibility index (Phi) is 3.94. The second kappa shape index (κ2) is 5.46. The first-order chi connectivity index (χ1) is 8.56. The van der Waals surface area contributed by atoms with Crippen LogP contribution in [0.3, 0.4) is 0 Å². The van der Waals surface area contributed by atoms with Crippen LogP contribution in [-0.4, -0.2) is 10.1 Å². The molecule has 94 valence electrons. The third-order valence-corrected chi connectivity index (χ3v) is 2.98. The molecule has 1 unspecified atom stereocenters. The molecule has 1 atom stereocenters. The first kappa shape index (κ1) is 13.0. The van der Waals surface area contributed by atoms with E-state index >= 15 is 0 Å². The Labute approximate surface area is 110 Å². The summed E-state index contributed by atoms with van der Waals surface area (Å²) in [6.45, 7) is 1.94. The molecule has 0 aliphatic rings. The largest absolute Gasteiger partial charge is 0.386 e. The summed E-state index contributed by atoms with van der Waals surface area (Å²) < 4.78 is 13.0. The molecule has 0 aliphatic carbocycles. The minimum absolute atomic E-state index is 0.0666. The lowest BCUT2D eigenvalue weighted by Crippen LogP contribution is -2.04. The van der Waals surface area contributed by atoms with Crippen molar-refractivity contribution in [1.82, 2.24) is 4.98 Å². The van der Waals surface area contributed by atoms with Crippen molar-refractivity contribution < 1.29 is 9.50 Å². The van der Waals surface area contributed by atoms with Gasteiger partial charge in [0.05, 0.1) is 16.8 Å². The fraction of sp³-hybridized carbons (Fsp3) is 0.214. The monoisotopic (exact) mass is 265 g/mol. The second-order valence-electron chi connectivity index (χ2n) is 4.23. The predicted molar refractivity (Wildman–Crippen MR) is 69.0 cm³/mol. The van der Waals surface area contributed by atoms with Crippen LogP contribution < -0.4 is 0 Å². The molecular formula is C14H13ClFNO. The molecule has 2 aromatic rings. The molecule has 1 aromatic carbocycles. The Bertz CT molecular complexity index is 559. The van der Waals surface area contributed by atoms with Crippen LogP contribution in [0.2, 0.25) is 5.02 Å². The number of hydrogen-bond acceptors (Lipinski definition) is 2. The number of benzene rings is 1. The van der Waals surface area contributed by atoms with Crippen molar-refractivity contribution in [3.63, 3.8) is 0 Å². The number of halogens is 2. The van der Waals surface area contributed by atoms with Gasteiger partial charge < -0.3 is 5.11 Å². The van der Waals surface area contributed by atoms with Gasteiger partial charge in [-0.05, 0) is 42.3 Å². The minimum Gasteiger partial charge on any atom is -0.386 e. The van der Waals surface area contributed by atoms with Gasteiger partial charge in [-0.15, -0.1) is 0 Å². The Morgan fingerprint density at radius 2 is 2.11 bits per heavy atom. The number of pyridine rings is 1. The molecule has 1 aromatic heterocycles. The SMILES string of the molecule is Cc1ccnc(C(O)Cc2ccc(F)c(Cl)c2)c1. The van der Waals surface area contributed by atoms with Crippen LogP contribution in [0.1, 0.15) is 22.9 Å². The van der Waals surface area contributed by atoms with E-state index in [2.05, 4.69) is 4.98 Å². The molecule has 2 rings (SSSR count). The molecule has 0 bridgehead atoms. The Hall–Kier alpha value is -1.45. The van der Waals surface area contributed by atoms with Gasteiger partial charge in [-0.25, -0.2) is 4.39 Å². The highest BCUT2D eigenvalue weighted by atomic mass is 35.5. The molecule has 0 saturated heterocycles. The van der Waals surface area contributed by atoms with Crippen molar-refractivity contribution in [2.45, 2.75) is 19.4 Å². The van der Waals surface area contributed by atoms with Crippen molar-refractivity contribution in [3.05, 3.63) is 64.2 Å². The van der Waals surface area contributed by atoms with Gasteiger partial charge in [-0.1, -0.05) is 17.7 Å². The van der Waals surface area contributed by atoms with Gasteiger partial charge in [0.1, 0.15) is 5.82 Å². The van der Waals surface area contributed by atoms with E-state index in [0.29, 0.717) is 12.1 Å². The van der Waals surface area contributed by atoms with Crippen LogP contribution in [0.25, 0.3) is 0 Å². The van der Waals surface area contributed by atoms with E-state index in [9.17, 15) is 9.50 Å². The number of aryl methyl sites for hydroxylation is 1. The Balaban J connectivity index is 2.16. The third kappa shape index (κ3) is 3.06. The molecule has 2 nitrogen and oxygen atoms in total. The summed E-state index contributed by atoms with van der Waals surface area (Å²) in [5.74, 6) is -0.455. The normalized spacial score (nSPS) is 12.4. The highest BCUT2D eigenvalue weighted by Crippen LogP contribution is 2.21. The van der Waals surface area contributed by atoms with Gasteiger partial charge in [0.2, 0.25) is 0 Å². The molecule has 18 heavy (non-hydrogen) atoms. The molecule has 0 aliphatic heterocycles. The van der Waals surface area contributed by atoms with Crippen molar-refractivity contribution in [1.29, 1.82) is 0 Å². The van der Waals surface area contributed by atoms with E-state index < -0.39 is 11.9 Å². The van der Waals surface area contributed by atoms with Gasteiger partial charge >= 0.3 is 0 Å². The van der Waals surface area contributed by atoms with E-state index in [1.807, 2.05) is 19.1 Å². The molecule has 0 amide bonds. The number of aromatic nitrogens is 1. The van der Waals surface area contributed by atoms with Crippen molar-refractivity contribution in [3.8, 4) is 0 Å². The quantitative estimate of drug-likeness (QED) is 0.922. The van der Waals surface area contributed by atoms with Gasteiger partial charge in [-0.2, -0.15) is 0 Å². The maximum absolute atomic E-state index is 13.0. The molecule has 0 spiro atoms. The topological polar surface area (TPSA) is 33.1 Å². The summed E-state index contributed by atoms with van der Waals surface area (Å²) in [6, 6.07) is 8.13. The molecule has 0 saturated carbocycles. The zero-order valence-corrected chi connectivity index (χ0v) is 10.7. The van der Waals surface area contributed by atoms with Gasteiger partial charge in [0.15, 0.2) is 0 Å².